The van der Waals surface area contributed by atoms with E-state index >= 15 is 0 Å². The third-order valence-electron chi connectivity index (χ3n) is 6.42. The molecule has 0 spiro atoms. The number of benzene rings is 6. The molecule has 6 aromatic rings. The van der Waals surface area contributed by atoms with Gasteiger partial charge in [-0.2, -0.15) is 0 Å². The molecule has 1 nitrogen and oxygen atoms in total. The summed E-state index contributed by atoms with van der Waals surface area (Å²) in [4.78, 5) is 13.2. The van der Waals surface area contributed by atoms with Crippen LogP contribution in [0.4, 0.5) is 0 Å². The number of fused-ring (bicyclic) bond motifs is 2. The molecular formula is C33H22O. The summed E-state index contributed by atoms with van der Waals surface area (Å²) in [6, 6.07) is 45.4. The van der Waals surface area contributed by atoms with Crippen molar-refractivity contribution in [2.45, 2.75) is 0 Å². The Balaban J connectivity index is 1.32. The summed E-state index contributed by atoms with van der Waals surface area (Å²) in [6.45, 7) is 0. The fraction of sp³-hybridized carbons (Fsp3) is 0. The van der Waals surface area contributed by atoms with Gasteiger partial charge in [0.05, 0.1) is 0 Å². The molecule has 0 saturated carbocycles. The van der Waals surface area contributed by atoms with Gasteiger partial charge in [-0.15, -0.1) is 0 Å². The zero-order valence-electron chi connectivity index (χ0n) is 18.6. The number of ketones is 1. The summed E-state index contributed by atoms with van der Waals surface area (Å²) in [5, 5.41) is 4.89. The van der Waals surface area contributed by atoms with E-state index in [0.29, 0.717) is 11.1 Å². The first kappa shape index (κ1) is 20.1. The van der Waals surface area contributed by atoms with Crippen molar-refractivity contribution in [3.05, 3.63) is 145 Å². The summed E-state index contributed by atoms with van der Waals surface area (Å²) >= 11 is 0. The van der Waals surface area contributed by atoms with Crippen molar-refractivity contribution in [3.8, 4) is 22.3 Å². The zero-order valence-corrected chi connectivity index (χ0v) is 18.6. The van der Waals surface area contributed by atoms with Gasteiger partial charge in [0.1, 0.15) is 0 Å². The van der Waals surface area contributed by atoms with Crippen molar-refractivity contribution >= 4 is 27.3 Å². The van der Waals surface area contributed by atoms with Gasteiger partial charge < -0.3 is 0 Å². The molecule has 0 saturated heterocycles. The van der Waals surface area contributed by atoms with E-state index in [1.54, 1.807) is 0 Å². The molecule has 6 aromatic carbocycles. The number of rotatable bonds is 4. The van der Waals surface area contributed by atoms with Gasteiger partial charge in [0.15, 0.2) is 5.78 Å². The van der Waals surface area contributed by atoms with Crippen LogP contribution in [-0.2, 0) is 0 Å². The molecule has 0 aliphatic rings. The van der Waals surface area contributed by atoms with Crippen molar-refractivity contribution in [1.82, 2.24) is 0 Å². The Morgan fingerprint density at radius 3 is 1.68 bits per heavy atom. The third-order valence-corrected chi connectivity index (χ3v) is 6.42. The van der Waals surface area contributed by atoms with Crippen molar-refractivity contribution in [1.29, 1.82) is 0 Å². The van der Waals surface area contributed by atoms with E-state index in [-0.39, 0.29) is 5.78 Å². The standard InChI is InChI=1S/C33H22O/c34-33(25-15-13-24(14-16-25)23-7-2-1-3-8-23)31-12-6-11-28(20-31)29-17-18-30-19-26-9-4-5-10-27(26)21-32(30)22-29/h1-22H. The number of carbonyl (C=O) groups excluding carboxylic acids is 1. The van der Waals surface area contributed by atoms with Crippen LogP contribution in [0.3, 0.4) is 0 Å². The average Bonchev–Trinajstić information content (AvgIpc) is 2.92. The lowest BCUT2D eigenvalue weighted by Crippen LogP contribution is -2.01. The van der Waals surface area contributed by atoms with Gasteiger partial charge in [-0.05, 0) is 68.1 Å². The first-order valence-electron chi connectivity index (χ1n) is 11.5. The first-order valence-corrected chi connectivity index (χ1v) is 11.5. The molecule has 34 heavy (non-hydrogen) atoms. The van der Waals surface area contributed by atoms with Crippen molar-refractivity contribution < 1.29 is 4.79 Å². The maximum absolute atomic E-state index is 13.2. The normalized spacial score (nSPS) is 11.1. The molecule has 0 aromatic heterocycles. The predicted octanol–water partition coefficient (Wildman–Crippen LogP) is 8.56. The number of hydrogen-bond acceptors (Lipinski definition) is 1. The van der Waals surface area contributed by atoms with E-state index in [2.05, 4.69) is 72.8 Å². The summed E-state index contributed by atoms with van der Waals surface area (Å²) in [6.07, 6.45) is 0. The molecular weight excluding hydrogens is 412 g/mol. The smallest absolute Gasteiger partial charge is 0.193 e. The highest BCUT2D eigenvalue weighted by atomic mass is 16.1. The lowest BCUT2D eigenvalue weighted by atomic mass is 9.95. The Labute approximate surface area is 198 Å². The molecule has 160 valence electrons. The van der Waals surface area contributed by atoms with Gasteiger partial charge in [-0.25, -0.2) is 0 Å². The molecule has 0 unspecified atom stereocenters. The van der Waals surface area contributed by atoms with Crippen molar-refractivity contribution in [2.75, 3.05) is 0 Å². The predicted molar refractivity (Wildman–Crippen MR) is 142 cm³/mol. The molecule has 0 heterocycles. The van der Waals surface area contributed by atoms with E-state index in [9.17, 15) is 4.79 Å². The van der Waals surface area contributed by atoms with Gasteiger partial charge in [-0.1, -0.05) is 109 Å². The van der Waals surface area contributed by atoms with Crippen LogP contribution in [0.2, 0.25) is 0 Å². The molecule has 0 amide bonds. The molecule has 6 rings (SSSR count). The van der Waals surface area contributed by atoms with Gasteiger partial charge >= 0.3 is 0 Å². The minimum Gasteiger partial charge on any atom is -0.289 e. The van der Waals surface area contributed by atoms with Gasteiger partial charge in [0.2, 0.25) is 0 Å². The fourth-order valence-corrected chi connectivity index (χ4v) is 4.57. The molecule has 0 aliphatic carbocycles. The number of carbonyl (C=O) groups is 1. The van der Waals surface area contributed by atoms with E-state index < -0.39 is 0 Å². The fourth-order valence-electron chi connectivity index (χ4n) is 4.57. The molecule has 0 N–H and O–H groups in total. The Bertz CT molecular complexity index is 1640. The maximum Gasteiger partial charge on any atom is 0.193 e. The molecule has 1 heteroatoms. The second kappa shape index (κ2) is 8.46. The van der Waals surface area contributed by atoms with Gasteiger partial charge in [-0.3, -0.25) is 4.79 Å². The van der Waals surface area contributed by atoms with E-state index in [0.717, 1.165) is 22.3 Å². The lowest BCUT2D eigenvalue weighted by molar-refractivity contribution is 0.103. The maximum atomic E-state index is 13.2. The van der Waals surface area contributed by atoms with Gasteiger partial charge in [0.25, 0.3) is 0 Å². The van der Waals surface area contributed by atoms with Crippen LogP contribution in [0.25, 0.3) is 43.8 Å². The third kappa shape index (κ3) is 3.78. The Kier molecular flexibility index (Phi) is 5.01. The summed E-state index contributed by atoms with van der Waals surface area (Å²) < 4.78 is 0. The quantitative estimate of drug-likeness (QED) is 0.201. The van der Waals surface area contributed by atoms with Crippen LogP contribution in [0.1, 0.15) is 15.9 Å². The molecule has 0 bridgehead atoms. The first-order chi connectivity index (χ1) is 16.7. The van der Waals surface area contributed by atoms with Crippen LogP contribution in [-0.4, -0.2) is 5.78 Å². The van der Waals surface area contributed by atoms with E-state index in [1.807, 2.05) is 60.7 Å². The second-order valence-electron chi connectivity index (χ2n) is 8.61. The summed E-state index contributed by atoms with van der Waals surface area (Å²) in [5.41, 5.74) is 5.80. The minimum absolute atomic E-state index is 0.0354. The Morgan fingerprint density at radius 2 is 0.912 bits per heavy atom. The second-order valence-corrected chi connectivity index (χ2v) is 8.61. The monoisotopic (exact) mass is 434 g/mol. The summed E-state index contributed by atoms with van der Waals surface area (Å²) in [7, 11) is 0. The lowest BCUT2D eigenvalue weighted by Gasteiger charge is -2.09. The van der Waals surface area contributed by atoms with Crippen LogP contribution in [0.5, 0.6) is 0 Å². The highest BCUT2D eigenvalue weighted by Gasteiger charge is 2.11. The Morgan fingerprint density at radius 1 is 0.353 bits per heavy atom. The van der Waals surface area contributed by atoms with E-state index in [1.165, 1.54) is 21.5 Å². The molecule has 0 aliphatic heterocycles. The van der Waals surface area contributed by atoms with Crippen molar-refractivity contribution in [3.63, 3.8) is 0 Å². The topological polar surface area (TPSA) is 17.1 Å². The average molecular weight is 435 g/mol. The van der Waals surface area contributed by atoms with Gasteiger partial charge in [0, 0.05) is 11.1 Å². The highest BCUT2D eigenvalue weighted by Crippen LogP contribution is 2.29. The van der Waals surface area contributed by atoms with Crippen LogP contribution < -0.4 is 0 Å². The van der Waals surface area contributed by atoms with Crippen LogP contribution >= 0.6 is 0 Å². The SMILES string of the molecule is O=C(c1ccc(-c2ccccc2)cc1)c1cccc(-c2ccc3cc4ccccc4cc3c2)c1. The largest absolute Gasteiger partial charge is 0.289 e. The molecule has 0 radical (unpaired) electrons. The highest BCUT2D eigenvalue weighted by molar-refractivity contribution is 6.10. The van der Waals surface area contributed by atoms with Crippen LogP contribution in [0.15, 0.2) is 133 Å². The minimum atomic E-state index is 0.0354. The Hall–Kier alpha value is -4.49. The van der Waals surface area contributed by atoms with Crippen molar-refractivity contribution in [2.24, 2.45) is 0 Å². The number of hydrogen-bond donors (Lipinski definition) is 0. The molecule has 0 fully saturated rings. The summed E-state index contributed by atoms with van der Waals surface area (Å²) in [5.74, 6) is 0.0354. The molecule has 0 atom stereocenters. The van der Waals surface area contributed by atoms with Crippen LogP contribution in [0, 0.1) is 0 Å². The zero-order chi connectivity index (χ0) is 22.9. The van der Waals surface area contributed by atoms with E-state index in [4.69, 9.17) is 0 Å².